The van der Waals surface area contributed by atoms with Crippen LogP contribution in [-0.2, 0) is 24.0 Å². The van der Waals surface area contributed by atoms with Crippen molar-refractivity contribution in [1.29, 1.82) is 0 Å². The molecule has 0 aliphatic carbocycles. The van der Waals surface area contributed by atoms with Crippen LogP contribution in [0.4, 0.5) is 0 Å². The Morgan fingerprint density at radius 2 is 1.45 bits per heavy atom. The molecule has 4 unspecified atom stereocenters. The monoisotopic (exact) mass is 436 g/mol. The highest BCUT2D eigenvalue weighted by Gasteiger charge is 2.31. The zero-order chi connectivity index (χ0) is 22.7. The van der Waals surface area contributed by atoms with E-state index in [-0.39, 0.29) is 12.2 Å². The highest BCUT2D eigenvalue weighted by molar-refractivity contribution is 7.80. The van der Waals surface area contributed by atoms with E-state index in [2.05, 4.69) is 28.6 Å². The van der Waals surface area contributed by atoms with E-state index in [1.807, 2.05) is 0 Å². The lowest BCUT2D eigenvalue weighted by Crippen LogP contribution is -2.58. The Kier molecular flexibility index (Phi) is 11.9. The number of carboxylic acids is 2. The van der Waals surface area contributed by atoms with Crippen LogP contribution in [0.15, 0.2) is 0 Å². The zero-order valence-corrected chi connectivity index (χ0v) is 17.0. The number of nitrogens with two attached hydrogens (primary N) is 1. The lowest BCUT2D eigenvalue weighted by molar-refractivity contribution is -0.144. The summed E-state index contributed by atoms with van der Waals surface area (Å²) in [7, 11) is 0. The second-order valence-corrected chi connectivity index (χ2v) is 6.96. The largest absolute Gasteiger partial charge is 0.481 e. The molecular weight excluding hydrogens is 408 g/mol. The third-order valence-electron chi connectivity index (χ3n) is 3.86. The molecule has 29 heavy (non-hydrogen) atoms. The Bertz CT molecular complexity index is 616. The molecule has 3 amide bonds. The summed E-state index contributed by atoms with van der Waals surface area (Å²) in [5, 5.41) is 33.7. The van der Waals surface area contributed by atoms with Crippen molar-refractivity contribution in [3.05, 3.63) is 0 Å². The molecular formula is C16H28N4O8S. The molecule has 0 aromatic carbocycles. The van der Waals surface area contributed by atoms with E-state index in [0.29, 0.717) is 0 Å². The minimum absolute atomic E-state index is 0.174. The predicted molar refractivity (Wildman–Crippen MR) is 104 cm³/mol. The fourth-order valence-corrected chi connectivity index (χ4v) is 2.39. The van der Waals surface area contributed by atoms with Gasteiger partial charge in [-0.15, -0.1) is 0 Å². The quantitative estimate of drug-likeness (QED) is 0.141. The first-order chi connectivity index (χ1) is 13.4. The van der Waals surface area contributed by atoms with Crippen molar-refractivity contribution in [3.8, 4) is 0 Å². The van der Waals surface area contributed by atoms with Gasteiger partial charge in [0.2, 0.25) is 17.7 Å². The molecule has 0 aliphatic rings. The number of thiol groups is 1. The van der Waals surface area contributed by atoms with E-state index in [9.17, 15) is 29.1 Å². The first kappa shape index (κ1) is 26.6. The number of hydrogen-bond acceptors (Lipinski definition) is 8. The van der Waals surface area contributed by atoms with Gasteiger partial charge in [-0.1, -0.05) is 13.8 Å². The molecule has 12 nitrogen and oxygen atoms in total. The molecule has 0 aromatic rings. The normalized spacial score (nSPS) is 15.0. The van der Waals surface area contributed by atoms with Gasteiger partial charge in [-0.2, -0.15) is 12.6 Å². The van der Waals surface area contributed by atoms with E-state index >= 15 is 0 Å². The molecule has 0 fully saturated rings. The molecule has 0 aromatic heterocycles. The van der Waals surface area contributed by atoms with Crippen LogP contribution in [0.2, 0.25) is 0 Å². The van der Waals surface area contributed by atoms with Crippen molar-refractivity contribution in [3.63, 3.8) is 0 Å². The lowest BCUT2D eigenvalue weighted by Gasteiger charge is -2.25. The van der Waals surface area contributed by atoms with Crippen LogP contribution in [0.3, 0.4) is 0 Å². The summed E-state index contributed by atoms with van der Waals surface area (Å²) in [5.74, 6) is -5.68. The first-order valence-corrected chi connectivity index (χ1v) is 9.40. The standard InChI is InChI=1S/C16H28N4O8S/c1-7(2)12(16(27)28)20-14(25)9(3-4-11(22)23)18-15(26)10(6-29)19-13(24)8(17)5-21/h7-10,12,21,29H,3-6,17H2,1-2H3,(H,18,26)(H,19,24)(H,20,25)(H,22,23)(H,27,28). The van der Waals surface area contributed by atoms with Crippen molar-refractivity contribution in [2.75, 3.05) is 12.4 Å². The lowest BCUT2D eigenvalue weighted by atomic mass is 10.0. The molecule has 13 heteroatoms. The van der Waals surface area contributed by atoms with Crippen molar-refractivity contribution in [2.45, 2.75) is 50.9 Å². The Morgan fingerprint density at radius 1 is 0.931 bits per heavy atom. The Balaban J connectivity index is 5.30. The smallest absolute Gasteiger partial charge is 0.326 e. The maximum atomic E-state index is 12.5. The third kappa shape index (κ3) is 9.58. The number of hydrogen-bond donors (Lipinski definition) is 8. The summed E-state index contributed by atoms with van der Waals surface area (Å²) >= 11 is 3.94. The van der Waals surface area contributed by atoms with Crippen LogP contribution in [0.5, 0.6) is 0 Å². The van der Waals surface area contributed by atoms with Crippen LogP contribution in [0, 0.1) is 5.92 Å². The molecule has 4 atom stereocenters. The number of carbonyl (C=O) groups excluding carboxylic acids is 3. The van der Waals surface area contributed by atoms with E-state index in [1.165, 1.54) is 0 Å². The maximum Gasteiger partial charge on any atom is 0.326 e. The fourth-order valence-electron chi connectivity index (χ4n) is 2.13. The van der Waals surface area contributed by atoms with Crippen LogP contribution in [0.1, 0.15) is 26.7 Å². The first-order valence-electron chi connectivity index (χ1n) is 8.77. The van der Waals surface area contributed by atoms with Gasteiger partial charge in [-0.05, 0) is 12.3 Å². The number of carbonyl (C=O) groups is 5. The summed E-state index contributed by atoms with van der Waals surface area (Å²) in [4.78, 5) is 58.7. The molecule has 0 saturated heterocycles. The molecule has 0 heterocycles. The molecule has 0 bridgehead atoms. The topological polar surface area (TPSA) is 208 Å². The van der Waals surface area contributed by atoms with E-state index in [1.54, 1.807) is 13.8 Å². The molecule has 0 rings (SSSR count). The van der Waals surface area contributed by atoms with Crippen LogP contribution in [0.25, 0.3) is 0 Å². The molecule has 0 radical (unpaired) electrons. The molecule has 166 valence electrons. The van der Waals surface area contributed by atoms with E-state index < -0.39 is 72.8 Å². The van der Waals surface area contributed by atoms with E-state index in [0.717, 1.165) is 0 Å². The number of amides is 3. The Hall–Kier alpha value is -2.38. The summed E-state index contributed by atoms with van der Waals surface area (Å²) in [5.41, 5.74) is 5.36. The minimum Gasteiger partial charge on any atom is -0.481 e. The van der Waals surface area contributed by atoms with Gasteiger partial charge >= 0.3 is 11.9 Å². The van der Waals surface area contributed by atoms with Crippen molar-refractivity contribution in [1.82, 2.24) is 16.0 Å². The van der Waals surface area contributed by atoms with Gasteiger partial charge in [0.15, 0.2) is 0 Å². The number of nitrogens with one attached hydrogen (secondary N) is 3. The number of aliphatic carboxylic acids is 2. The highest BCUT2D eigenvalue weighted by Crippen LogP contribution is 2.05. The number of rotatable bonds is 13. The van der Waals surface area contributed by atoms with Gasteiger partial charge in [0.25, 0.3) is 0 Å². The molecule has 0 spiro atoms. The molecule has 0 aliphatic heterocycles. The second kappa shape index (κ2) is 13.0. The van der Waals surface area contributed by atoms with Crippen molar-refractivity contribution >= 4 is 42.3 Å². The minimum atomic E-state index is -1.36. The van der Waals surface area contributed by atoms with Gasteiger partial charge in [-0.3, -0.25) is 19.2 Å². The van der Waals surface area contributed by atoms with Gasteiger partial charge in [0.1, 0.15) is 24.2 Å². The fraction of sp³-hybridized carbons (Fsp3) is 0.688. The average molecular weight is 436 g/mol. The highest BCUT2D eigenvalue weighted by atomic mass is 32.1. The maximum absolute atomic E-state index is 12.5. The number of carboxylic acid groups (broad SMARTS) is 2. The Labute approximate surface area is 173 Å². The molecule has 8 N–H and O–H groups in total. The summed E-state index contributed by atoms with van der Waals surface area (Å²) < 4.78 is 0. The van der Waals surface area contributed by atoms with Gasteiger partial charge in [0.05, 0.1) is 6.61 Å². The van der Waals surface area contributed by atoms with Gasteiger partial charge in [0, 0.05) is 12.2 Å². The van der Waals surface area contributed by atoms with Crippen LogP contribution in [-0.4, -0.2) is 81.5 Å². The molecule has 0 saturated carbocycles. The van der Waals surface area contributed by atoms with Gasteiger partial charge in [-0.25, -0.2) is 4.79 Å². The summed E-state index contributed by atoms with van der Waals surface area (Å²) in [6.45, 7) is 2.49. The zero-order valence-electron chi connectivity index (χ0n) is 16.1. The summed E-state index contributed by atoms with van der Waals surface area (Å²) in [6.07, 6.45) is -0.772. The van der Waals surface area contributed by atoms with Gasteiger partial charge < -0.3 is 37.0 Å². The van der Waals surface area contributed by atoms with E-state index in [4.69, 9.17) is 15.9 Å². The van der Waals surface area contributed by atoms with Crippen LogP contribution < -0.4 is 21.7 Å². The van der Waals surface area contributed by atoms with Crippen molar-refractivity contribution < 1.29 is 39.3 Å². The number of aliphatic hydroxyl groups excluding tert-OH is 1. The van der Waals surface area contributed by atoms with Crippen molar-refractivity contribution in [2.24, 2.45) is 11.7 Å². The predicted octanol–water partition coefficient (Wildman–Crippen LogP) is -2.70. The summed E-state index contributed by atoms with van der Waals surface area (Å²) in [6, 6.07) is -5.08. The SMILES string of the molecule is CC(C)C(NC(=O)C(CCC(=O)O)NC(=O)C(CS)NC(=O)C(N)CO)C(=O)O. The second-order valence-electron chi connectivity index (χ2n) is 6.59. The Morgan fingerprint density at radius 3 is 1.86 bits per heavy atom. The third-order valence-corrected chi connectivity index (χ3v) is 4.22. The number of aliphatic hydroxyl groups is 1. The van der Waals surface area contributed by atoms with Crippen LogP contribution >= 0.6 is 12.6 Å². The average Bonchev–Trinajstić information content (AvgIpc) is 2.65.